The summed E-state index contributed by atoms with van der Waals surface area (Å²) >= 11 is 1.86. The summed E-state index contributed by atoms with van der Waals surface area (Å²) in [6.07, 6.45) is 0. The number of imidazole rings is 1. The minimum atomic E-state index is 0.0935. The first kappa shape index (κ1) is 21.5. The topological polar surface area (TPSA) is 17.8 Å². The summed E-state index contributed by atoms with van der Waals surface area (Å²) < 4.78 is 2.40. The molecule has 0 fully saturated rings. The number of benzene rings is 4. The maximum Gasteiger partial charge on any atom is 0.128 e. The van der Waals surface area contributed by atoms with Crippen LogP contribution in [-0.4, -0.2) is 9.55 Å². The average Bonchev–Trinajstić information content (AvgIpc) is 3.22. The van der Waals surface area contributed by atoms with Crippen molar-refractivity contribution >= 4 is 22.8 Å². The Balaban J connectivity index is 1.61. The molecular weight excluding hydrogens is 420 g/mol. The summed E-state index contributed by atoms with van der Waals surface area (Å²) in [5.74, 6) is 1.62. The van der Waals surface area contributed by atoms with Gasteiger partial charge < -0.3 is 4.57 Å². The number of aromatic nitrogens is 2. The van der Waals surface area contributed by atoms with E-state index >= 15 is 0 Å². The lowest BCUT2D eigenvalue weighted by Gasteiger charge is -2.19. The van der Waals surface area contributed by atoms with Crippen LogP contribution >= 0.6 is 11.8 Å². The predicted octanol–water partition coefficient (Wildman–Crippen LogP) is 8.09. The van der Waals surface area contributed by atoms with Crippen LogP contribution in [0.2, 0.25) is 0 Å². The van der Waals surface area contributed by atoms with Crippen LogP contribution in [0.4, 0.5) is 0 Å². The van der Waals surface area contributed by atoms with Gasteiger partial charge in [0.05, 0.1) is 16.3 Å². The number of para-hydroxylation sites is 2. The molecule has 1 atom stereocenters. The number of hydrogen-bond donors (Lipinski definition) is 0. The highest BCUT2D eigenvalue weighted by molar-refractivity contribution is 7.99. The quantitative estimate of drug-likeness (QED) is 0.234. The van der Waals surface area contributed by atoms with Crippen molar-refractivity contribution in [3.63, 3.8) is 0 Å². The highest BCUT2D eigenvalue weighted by atomic mass is 32.2. The average molecular weight is 449 g/mol. The number of rotatable bonds is 7. The van der Waals surface area contributed by atoms with Crippen LogP contribution in [0.5, 0.6) is 0 Å². The predicted molar refractivity (Wildman–Crippen MR) is 140 cm³/mol. The molecule has 0 saturated heterocycles. The zero-order valence-corrected chi connectivity index (χ0v) is 19.9. The van der Waals surface area contributed by atoms with Gasteiger partial charge >= 0.3 is 0 Å². The van der Waals surface area contributed by atoms with E-state index < -0.39 is 0 Å². The molecule has 5 aromatic rings. The molecule has 0 aliphatic carbocycles. The third kappa shape index (κ3) is 4.74. The molecule has 3 heteroatoms. The maximum absolute atomic E-state index is 5.17. The van der Waals surface area contributed by atoms with Gasteiger partial charge in [0.2, 0.25) is 0 Å². The van der Waals surface area contributed by atoms with Crippen molar-refractivity contribution in [1.82, 2.24) is 9.55 Å². The number of fused-ring (bicyclic) bond motifs is 1. The summed E-state index contributed by atoms with van der Waals surface area (Å²) in [6.45, 7) is 5.27. The Hall–Kier alpha value is -3.30. The van der Waals surface area contributed by atoms with E-state index in [9.17, 15) is 0 Å². The molecule has 0 aliphatic rings. The van der Waals surface area contributed by atoms with Crippen molar-refractivity contribution in [1.29, 1.82) is 0 Å². The van der Waals surface area contributed by atoms with Gasteiger partial charge in [-0.3, -0.25) is 0 Å². The van der Waals surface area contributed by atoms with Crippen molar-refractivity contribution in [2.45, 2.75) is 36.5 Å². The van der Waals surface area contributed by atoms with E-state index in [4.69, 9.17) is 4.98 Å². The molecule has 0 N–H and O–H groups in total. The molecule has 33 heavy (non-hydrogen) atoms. The lowest BCUT2D eigenvalue weighted by Crippen LogP contribution is -2.10. The Kier molecular flexibility index (Phi) is 6.32. The van der Waals surface area contributed by atoms with Crippen LogP contribution < -0.4 is 0 Å². The Labute approximate surface area is 200 Å². The Morgan fingerprint density at radius 1 is 0.697 bits per heavy atom. The van der Waals surface area contributed by atoms with Gasteiger partial charge in [0.25, 0.3) is 0 Å². The van der Waals surface area contributed by atoms with E-state index in [-0.39, 0.29) is 5.25 Å². The van der Waals surface area contributed by atoms with E-state index in [0.717, 1.165) is 17.9 Å². The van der Waals surface area contributed by atoms with Gasteiger partial charge in [-0.1, -0.05) is 98.8 Å². The molecule has 5 rings (SSSR count). The standard InChI is InChI=1S/C30H28N2S/c1-22(2)24-19-17-23(18-20-24)21-32-28-16-10-9-15-27(28)31-30(32)29(25-11-5-3-6-12-25)33-26-13-7-4-8-14-26/h3-20,22,29H,21H2,1-2H3. The monoisotopic (exact) mass is 448 g/mol. The Morgan fingerprint density at radius 2 is 1.33 bits per heavy atom. The molecule has 1 heterocycles. The van der Waals surface area contributed by atoms with Crippen LogP contribution in [0.1, 0.15) is 47.5 Å². The lowest BCUT2D eigenvalue weighted by molar-refractivity contribution is 0.755. The smallest absolute Gasteiger partial charge is 0.128 e. The summed E-state index contributed by atoms with van der Waals surface area (Å²) in [5.41, 5.74) is 6.14. The van der Waals surface area contributed by atoms with Crippen LogP contribution in [0.15, 0.2) is 114 Å². The second-order valence-electron chi connectivity index (χ2n) is 8.66. The van der Waals surface area contributed by atoms with Crippen molar-refractivity contribution in [2.75, 3.05) is 0 Å². The minimum absolute atomic E-state index is 0.0935. The van der Waals surface area contributed by atoms with Crippen molar-refractivity contribution in [2.24, 2.45) is 0 Å². The second-order valence-corrected chi connectivity index (χ2v) is 9.84. The third-order valence-corrected chi connectivity index (χ3v) is 7.27. The molecule has 4 aromatic carbocycles. The van der Waals surface area contributed by atoms with Crippen LogP contribution in [0.3, 0.4) is 0 Å². The van der Waals surface area contributed by atoms with Gasteiger partial charge in [-0.05, 0) is 46.9 Å². The highest BCUT2D eigenvalue weighted by Gasteiger charge is 2.23. The van der Waals surface area contributed by atoms with Gasteiger partial charge in [0.1, 0.15) is 5.82 Å². The number of nitrogens with zero attached hydrogens (tertiary/aromatic N) is 2. The SMILES string of the molecule is CC(C)c1ccc(Cn2c(C(Sc3ccccc3)c3ccccc3)nc3ccccc32)cc1. The first-order valence-corrected chi connectivity index (χ1v) is 12.4. The maximum atomic E-state index is 5.17. The molecular formula is C30H28N2S. The Morgan fingerprint density at radius 3 is 2.03 bits per heavy atom. The molecule has 2 nitrogen and oxygen atoms in total. The minimum Gasteiger partial charge on any atom is -0.322 e. The van der Waals surface area contributed by atoms with E-state index in [0.29, 0.717) is 5.92 Å². The number of hydrogen-bond acceptors (Lipinski definition) is 2. The van der Waals surface area contributed by atoms with Crippen LogP contribution in [0.25, 0.3) is 11.0 Å². The zero-order chi connectivity index (χ0) is 22.6. The normalized spacial score (nSPS) is 12.3. The van der Waals surface area contributed by atoms with Gasteiger partial charge in [-0.25, -0.2) is 4.98 Å². The molecule has 0 aliphatic heterocycles. The molecule has 0 spiro atoms. The van der Waals surface area contributed by atoms with Crippen molar-refractivity contribution in [3.05, 3.63) is 132 Å². The molecule has 0 radical (unpaired) electrons. The molecule has 164 valence electrons. The largest absolute Gasteiger partial charge is 0.322 e. The zero-order valence-electron chi connectivity index (χ0n) is 19.1. The first-order chi connectivity index (χ1) is 16.2. The molecule has 0 saturated carbocycles. The fraction of sp³-hybridized carbons (Fsp3) is 0.167. The van der Waals surface area contributed by atoms with E-state index in [1.54, 1.807) is 0 Å². The molecule has 0 amide bonds. The fourth-order valence-electron chi connectivity index (χ4n) is 4.18. The summed E-state index contributed by atoms with van der Waals surface area (Å²) in [4.78, 5) is 6.41. The van der Waals surface area contributed by atoms with E-state index in [1.165, 1.54) is 27.1 Å². The van der Waals surface area contributed by atoms with E-state index in [2.05, 4.69) is 128 Å². The van der Waals surface area contributed by atoms with Crippen molar-refractivity contribution < 1.29 is 0 Å². The molecule has 1 unspecified atom stereocenters. The fourth-order valence-corrected chi connectivity index (χ4v) is 5.35. The van der Waals surface area contributed by atoms with Gasteiger partial charge in [-0.2, -0.15) is 0 Å². The summed E-state index contributed by atoms with van der Waals surface area (Å²) in [6, 6.07) is 38.9. The van der Waals surface area contributed by atoms with Gasteiger partial charge in [0, 0.05) is 11.4 Å². The third-order valence-electron chi connectivity index (χ3n) is 6.01. The van der Waals surface area contributed by atoms with Gasteiger partial charge in [-0.15, -0.1) is 11.8 Å². The van der Waals surface area contributed by atoms with Crippen LogP contribution in [-0.2, 0) is 6.54 Å². The molecule has 1 aromatic heterocycles. The van der Waals surface area contributed by atoms with Crippen molar-refractivity contribution in [3.8, 4) is 0 Å². The summed E-state index contributed by atoms with van der Waals surface area (Å²) in [5, 5.41) is 0.0935. The second kappa shape index (κ2) is 9.68. The van der Waals surface area contributed by atoms with Crippen LogP contribution in [0, 0.1) is 0 Å². The molecule has 0 bridgehead atoms. The van der Waals surface area contributed by atoms with E-state index in [1.807, 2.05) is 11.8 Å². The Bertz CT molecular complexity index is 1320. The highest BCUT2D eigenvalue weighted by Crippen LogP contribution is 2.41. The lowest BCUT2D eigenvalue weighted by atomic mass is 10.0. The first-order valence-electron chi connectivity index (χ1n) is 11.5. The number of thioether (sulfide) groups is 1. The van der Waals surface area contributed by atoms with Gasteiger partial charge in [0.15, 0.2) is 0 Å². The summed E-state index contributed by atoms with van der Waals surface area (Å²) in [7, 11) is 0.